The Kier molecular flexibility index (Phi) is 4.83. The third kappa shape index (κ3) is 3.89. The molecule has 3 aliphatic rings. The molecule has 7 heteroatoms. The number of thiazole rings is 1. The number of rotatable bonds is 4. The minimum atomic E-state index is 0.163. The number of nitrogens with zero attached hydrogens (tertiary/aromatic N) is 2. The summed E-state index contributed by atoms with van der Waals surface area (Å²) in [6.07, 6.45) is 3.82. The Hall–Kier alpha value is -1.02. The van der Waals surface area contributed by atoms with Crippen molar-refractivity contribution in [3.05, 3.63) is 11.1 Å². The summed E-state index contributed by atoms with van der Waals surface area (Å²) in [5, 5.41) is 9.24. The highest BCUT2D eigenvalue weighted by atomic mass is 32.1. The average molecular weight is 365 g/mol. The van der Waals surface area contributed by atoms with Crippen molar-refractivity contribution in [2.45, 2.75) is 51.9 Å². The number of carbonyl (C=O) groups excluding carboxylic acids is 1. The smallest absolute Gasteiger partial charge is 0.229 e. The first kappa shape index (κ1) is 17.4. The van der Waals surface area contributed by atoms with E-state index in [0.717, 1.165) is 62.8 Å². The molecule has 1 aliphatic carbocycles. The highest BCUT2D eigenvalue weighted by Crippen LogP contribution is 2.58. The van der Waals surface area contributed by atoms with E-state index in [9.17, 15) is 4.79 Å². The fraction of sp³-hybridized carbons (Fsp3) is 0.778. The maximum atomic E-state index is 12.5. The number of amides is 1. The van der Waals surface area contributed by atoms with Gasteiger partial charge in [-0.05, 0) is 51.6 Å². The van der Waals surface area contributed by atoms with Crippen molar-refractivity contribution in [3.63, 3.8) is 0 Å². The van der Waals surface area contributed by atoms with E-state index in [1.54, 1.807) is 0 Å². The summed E-state index contributed by atoms with van der Waals surface area (Å²) in [5.74, 6) is 0.347. The van der Waals surface area contributed by atoms with E-state index in [2.05, 4.69) is 39.7 Å². The summed E-state index contributed by atoms with van der Waals surface area (Å²) < 4.78 is 5.78. The van der Waals surface area contributed by atoms with Gasteiger partial charge in [-0.3, -0.25) is 9.69 Å². The van der Waals surface area contributed by atoms with Crippen LogP contribution in [0.5, 0.6) is 0 Å². The van der Waals surface area contributed by atoms with Crippen LogP contribution in [0.1, 0.15) is 38.8 Å². The third-order valence-electron chi connectivity index (χ3n) is 5.77. The molecular weight excluding hydrogens is 336 g/mol. The fourth-order valence-electron chi connectivity index (χ4n) is 4.47. The van der Waals surface area contributed by atoms with Crippen LogP contribution in [0.25, 0.3) is 0 Å². The number of nitrogens with one attached hydrogen (secondary N) is 2. The summed E-state index contributed by atoms with van der Waals surface area (Å²) >= 11 is 1.53. The zero-order valence-electron chi connectivity index (χ0n) is 15.1. The molecule has 0 aromatic carbocycles. The van der Waals surface area contributed by atoms with Gasteiger partial charge < -0.3 is 15.4 Å². The van der Waals surface area contributed by atoms with E-state index < -0.39 is 0 Å². The zero-order chi connectivity index (χ0) is 17.4. The number of hydrogen-bond acceptors (Lipinski definition) is 6. The summed E-state index contributed by atoms with van der Waals surface area (Å²) in [7, 11) is 0. The quantitative estimate of drug-likeness (QED) is 0.856. The summed E-state index contributed by atoms with van der Waals surface area (Å²) in [6, 6.07) is 0. The van der Waals surface area contributed by atoms with E-state index in [-0.39, 0.29) is 29.4 Å². The van der Waals surface area contributed by atoms with Crippen molar-refractivity contribution < 1.29 is 9.53 Å². The largest absolute Gasteiger partial charge is 0.373 e. The Balaban J connectivity index is 1.30. The van der Waals surface area contributed by atoms with Crippen molar-refractivity contribution in [1.29, 1.82) is 0 Å². The van der Waals surface area contributed by atoms with Crippen LogP contribution in [0.15, 0.2) is 5.38 Å². The number of anilines is 1. The molecule has 1 saturated carbocycles. The van der Waals surface area contributed by atoms with Gasteiger partial charge in [0.1, 0.15) is 0 Å². The molecule has 3 atom stereocenters. The molecule has 3 heterocycles. The Morgan fingerprint density at radius 1 is 1.40 bits per heavy atom. The van der Waals surface area contributed by atoms with E-state index in [0.29, 0.717) is 0 Å². The average Bonchev–Trinajstić information content (AvgIpc) is 3.06. The minimum absolute atomic E-state index is 0.163. The molecule has 3 fully saturated rings. The molecule has 25 heavy (non-hydrogen) atoms. The Morgan fingerprint density at radius 2 is 2.12 bits per heavy atom. The molecule has 138 valence electrons. The van der Waals surface area contributed by atoms with Crippen LogP contribution < -0.4 is 10.6 Å². The van der Waals surface area contributed by atoms with Gasteiger partial charge in [-0.15, -0.1) is 11.3 Å². The number of ether oxygens (including phenoxy) is 1. The van der Waals surface area contributed by atoms with Crippen LogP contribution in [0, 0.1) is 11.3 Å². The van der Waals surface area contributed by atoms with E-state index >= 15 is 0 Å². The summed E-state index contributed by atoms with van der Waals surface area (Å²) in [6.45, 7) is 9.00. The second-order valence-corrected chi connectivity index (χ2v) is 8.81. The van der Waals surface area contributed by atoms with E-state index in [1.807, 2.05) is 0 Å². The molecule has 2 aliphatic heterocycles. The number of hydrogen-bond donors (Lipinski definition) is 2. The van der Waals surface area contributed by atoms with Crippen molar-refractivity contribution in [2.75, 3.05) is 31.5 Å². The first-order valence-electron chi connectivity index (χ1n) is 9.38. The third-order valence-corrected chi connectivity index (χ3v) is 6.57. The van der Waals surface area contributed by atoms with Crippen molar-refractivity contribution in [1.82, 2.24) is 15.2 Å². The highest BCUT2D eigenvalue weighted by molar-refractivity contribution is 7.13. The van der Waals surface area contributed by atoms with Gasteiger partial charge in [0.25, 0.3) is 0 Å². The lowest BCUT2D eigenvalue weighted by Gasteiger charge is -2.34. The molecule has 0 radical (unpaired) electrons. The lowest BCUT2D eigenvalue weighted by Crippen LogP contribution is -2.44. The molecule has 1 amide bonds. The Morgan fingerprint density at radius 3 is 2.84 bits per heavy atom. The van der Waals surface area contributed by atoms with Gasteiger partial charge in [-0.1, -0.05) is 0 Å². The molecule has 4 rings (SSSR count). The van der Waals surface area contributed by atoms with Gasteiger partial charge >= 0.3 is 0 Å². The maximum absolute atomic E-state index is 12.5. The minimum Gasteiger partial charge on any atom is -0.373 e. The standard InChI is InChI=1S/C18H28N4O2S/c1-12-8-22(9-13(2)24-12)10-14-11-25-17(20-14)21-16(23)15-7-18(15)3-5-19-6-4-18/h11-13,15,19H,3-10H2,1-2H3,(H,20,21,23). The van der Waals surface area contributed by atoms with Gasteiger partial charge in [0.15, 0.2) is 5.13 Å². The molecule has 3 unspecified atom stereocenters. The SMILES string of the molecule is CC1CN(Cc2csc(NC(=O)C3CC34CCNCC4)n2)CC(C)O1. The molecule has 6 nitrogen and oxygen atoms in total. The van der Waals surface area contributed by atoms with E-state index in [1.165, 1.54) is 11.3 Å². The lowest BCUT2D eigenvalue weighted by atomic mass is 9.92. The van der Waals surface area contributed by atoms with E-state index in [4.69, 9.17) is 4.74 Å². The first-order chi connectivity index (χ1) is 12.0. The molecule has 1 aromatic rings. The van der Waals surface area contributed by atoms with Crippen LogP contribution in [-0.2, 0) is 16.1 Å². The molecule has 0 bridgehead atoms. The van der Waals surface area contributed by atoms with Crippen LogP contribution in [0.4, 0.5) is 5.13 Å². The Bertz CT molecular complexity index is 618. The number of carbonyl (C=O) groups is 1. The van der Waals surface area contributed by atoms with Gasteiger partial charge in [0, 0.05) is 30.9 Å². The van der Waals surface area contributed by atoms with Crippen molar-refractivity contribution in [3.8, 4) is 0 Å². The highest BCUT2D eigenvalue weighted by Gasteiger charge is 2.57. The number of piperidine rings is 1. The van der Waals surface area contributed by atoms with Gasteiger partial charge in [0.2, 0.25) is 5.91 Å². The Labute approximate surface area is 153 Å². The lowest BCUT2D eigenvalue weighted by molar-refractivity contribution is -0.118. The number of morpholine rings is 1. The first-order valence-corrected chi connectivity index (χ1v) is 10.3. The zero-order valence-corrected chi connectivity index (χ0v) is 15.9. The van der Waals surface area contributed by atoms with Gasteiger partial charge in [-0.25, -0.2) is 4.98 Å². The predicted molar refractivity (Wildman–Crippen MR) is 98.7 cm³/mol. The predicted octanol–water partition coefficient (Wildman–Crippen LogP) is 2.08. The second kappa shape index (κ2) is 6.95. The molecule has 1 aromatic heterocycles. The second-order valence-electron chi connectivity index (χ2n) is 7.95. The normalized spacial score (nSPS) is 31.8. The van der Waals surface area contributed by atoms with Crippen LogP contribution in [0.2, 0.25) is 0 Å². The van der Waals surface area contributed by atoms with Gasteiger partial charge in [-0.2, -0.15) is 0 Å². The summed E-state index contributed by atoms with van der Waals surface area (Å²) in [5.41, 5.74) is 1.31. The monoisotopic (exact) mass is 364 g/mol. The molecule has 2 N–H and O–H groups in total. The number of aromatic nitrogens is 1. The topological polar surface area (TPSA) is 66.5 Å². The molecule has 1 spiro atoms. The maximum Gasteiger partial charge on any atom is 0.229 e. The molecule has 2 saturated heterocycles. The van der Waals surface area contributed by atoms with Crippen LogP contribution in [-0.4, -0.2) is 54.2 Å². The van der Waals surface area contributed by atoms with Crippen molar-refractivity contribution in [2.24, 2.45) is 11.3 Å². The van der Waals surface area contributed by atoms with Crippen LogP contribution in [0.3, 0.4) is 0 Å². The van der Waals surface area contributed by atoms with Crippen molar-refractivity contribution >= 4 is 22.4 Å². The van der Waals surface area contributed by atoms with Crippen LogP contribution >= 0.6 is 11.3 Å². The van der Waals surface area contributed by atoms with Gasteiger partial charge in [0.05, 0.1) is 17.9 Å². The molecular formula is C18H28N4O2S. The summed E-state index contributed by atoms with van der Waals surface area (Å²) in [4.78, 5) is 19.6. The fourth-order valence-corrected chi connectivity index (χ4v) is 5.17.